The van der Waals surface area contributed by atoms with E-state index in [0.717, 1.165) is 19.4 Å². The van der Waals surface area contributed by atoms with E-state index in [2.05, 4.69) is 48.1 Å². The molecule has 21 heavy (non-hydrogen) atoms. The van der Waals surface area contributed by atoms with E-state index in [1.54, 1.807) is 11.3 Å². The van der Waals surface area contributed by atoms with E-state index in [-0.39, 0.29) is 6.04 Å². The maximum atomic E-state index is 9.99. The van der Waals surface area contributed by atoms with Crippen molar-refractivity contribution in [2.24, 2.45) is 11.8 Å². The molecule has 1 aromatic heterocycles. The fourth-order valence-corrected chi connectivity index (χ4v) is 3.36. The average molecular weight is 309 g/mol. The fourth-order valence-electron chi connectivity index (χ4n) is 2.61. The number of rotatable bonds is 8. The van der Waals surface area contributed by atoms with Crippen molar-refractivity contribution in [3.8, 4) is 0 Å². The van der Waals surface area contributed by atoms with E-state index in [1.165, 1.54) is 5.56 Å². The molecule has 118 valence electrons. The molecule has 2 rings (SSSR count). The van der Waals surface area contributed by atoms with Gasteiger partial charge in [0.1, 0.15) is 0 Å². The quantitative estimate of drug-likeness (QED) is 0.723. The Bertz CT molecular complexity index is 418. The molecule has 0 radical (unpaired) electrons. The molecule has 0 saturated carbocycles. The first-order valence-electron chi connectivity index (χ1n) is 7.83. The largest absolute Gasteiger partial charge is 0.389 e. The Morgan fingerprint density at radius 2 is 2.24 bits per heavy atom. The van der Waals surface area contributed by atoms with E-state index < -0.39 is 6.10 Å². The molecule has 1 aliphatic rings. The van der Waals surface area contributed by atoms with Crippen molar-refractivity contribution < 1.29 is 9.84 Å². The van der Waals surface area contributed by atoms with Gasteiger partial charge in [0, 0.05) is 12.6 Å². The Balaban J connectivity index is 1.59. The summed E-state index contributed by atoms with van der Waals surface area (Å²) in [6.07, 6.45) is 6.31. The van der Waals surface area contributed by atoms with Gasteiger partial charge in [-0.25, -0.2) is 0 Å². The highest BCUT2D eigenvalue weighted by molar-refractivity contribution is 7.07. The van der Waals surface area contributed by atoms with Crippen molar-refractivity contribution in [3.63, 3.8) is 0 Å². The SMILES string of the molecule is CC(NCC(O)COCC1CC=CCC1C)c1ccsc1. The number of aliphatic hydroxyl groups is 1. The Labute approximate surface area is 132 Å². The minimum atomic E-state index is -0.444. The van der Waals surface area contributed by atoms with Crippen LogP contribution >= 0.6 is 11.3 Å². The predicted molar refractivity (Wildman–Crippen MR) is 88.6 cm³/mol. The van der Waals surface area contributed by atoms with E-state index in [1.807, 2.05) is 0 Å². The molecule has 0 fully saturated rings. The van der Waals surface area contributed by atoms with Gasteiger partial charge < -0.3 is 15.2 Å². The lowest BCUT2D eigenvalue weighted by molar-refractivity contribution is 0.0120. The maximum Gasteiger partial charge on any atom is 0.0897 e. The van der Waals surface area contributed by atoms with Gasteiger partial charge in [0.25, 0.3) is 0 Å². The lowest BCUT2D eigenvalue weighted by atomic mass is 9.85. The van der Waals surface area contributed by atoms with Gasteiger partial charge in [-0.05, 0) is 54.0 Å². The van der Waals surface area contributed by atoms with Gasteiger partial charge in [0.2, 0.25) is 0 Å². The summed E-state index contributed by atoms with van der Waals surface area (Å²) in [5, 5.41) is 17.6. The smallest absolute Gasteiger partial charge is 0.0897 e. The summed E-state index contributed by atoms with van der Waals surface area (Å²) in [5.41, 5.74) is 1.27. The van der Waals surface area contributed by atoms with Crippen LogP contribution in [0.2, 0.25) is 0 Å². The summed E-state index contributed by atoms with van der Waals surface area (Å²) in [7, 11) is 0. The predicted octanol–water partition coefficient (Wildman–Crippen LogP) is 3.38. The topological polar surface area (TPSA) is 41.5 Å². The van der Waals surface area contributed by atoms with Crippen molar-refractivity contribution in [1.82, 2.24) is 5.32 Å². The summed E-state index contributed by atoms with van der Waals surface area (Å²) in [4.78, 5) is 0. The minimum absolute atomic E-state index is 0.273. The highest BCUT2D eigenvalue weighted by atomic mass is 32.1. The Hall–Kier alpha value is -0.680. The van der Waals surface area contributed by atoms with E-state index >= 15 is 0 Å². The molecule has 4 heteroatoms. The third kappa shape index (κ3) is 5.55. The number of aliphatic hydroxyl groups excluding tert-OH is 1. The molecule has 0 saturated heterocycles. The molecule has 1 heterocycles. The number of nitrogens with one attached hydrogen (secondary N) is 1. The van der Waals surface area contributed by atoms with Crippen LogP contribution in [0.3, 0.4) is 0 Å². The maximum absolute atomic E-state index is 9.99. The summed E-state index contributed by atoms with van der Waals surface area (Å²) >= 11 is 1.70. The third-order valence-electron chi connectivity index (χ3n) is 4.26. The van der Waals surface area contributed by atoms with E-state index in [0.29, 0.717) is 25.0 Å². The third-order valence-corrected chi connectivity index (χ3v) is 4.96. The van der Waals surface area contributed by atoms with Crippen molar-refractivity contribution in [2.45, 2.75) is 38.8 Å². The molecule has 3 nitrogen and oxygen atoms in total. The molecule has 0 aromatic carbocycles. The van der Waals surface area contributed by atoms with Crippen molar-refractivity contribution in [3.05, 3.63) is 34.5 Å². The highest BCUT2D eigenvalue weighted by Gasteiger charge is 2.18. The van der Waals surface area contributed by atoms with Gasteiger partial charge in [-0.1, -0.05) is 19.1 Å². The van der Waals surface area contributed by atoms with E-state index in [4.69, 9.17) is 4.74 Å². The zero-order valence-corrected chi connectivity index (χ0v) is 13.8. The lowest BCUT2D eigenvalue weighted by Gasteiger charge is -2.25. The van der Waals surface area contributed by atoms with Gasteiger partial charge in [0.05, 0.1) is 19.3 Å². The Morgan fingerprint density at radius 3 is 2.95 bits per heavy atom. The van der Waals surface area contributed by atoms with Crippen LogP contribution in [0, 0.1) is 11.8 Å². The zero-order chi connectivity index (χ0) is 15.1. The molecule has 0 aliphatic heterocycles. The molecule has 2 N–H and O–H groups in total. The number of thiophene rings is 1. The number of hydrogen-bond donors (Lipinski definition) is 2. The normalized spacial score (nSPS) is 24.9. The van der Waals surface area contributed by atoms with Crippen LogP contribution in [0.5, 0.6) is 0 Å². The molecule has 4 unspecified atom stereocenters. The zero-order valence-electron chi connectivity index (χ0n) is 13.0. The molecular weight excluding hydrogens is 282 g/mol. The van der Waals surface area contributed by atoms with Gasteiger partial charge in [-0.3, -0.25) is 0 Å². The first-order chi connectivity index (χ1) is 10.2. The summed E-state index contributed by atoms with van der Waals surface area (Å²) in [6, 6.07) is 2.39. The fraction of sp³-hybridized carbons (Fsp3) is 0.647. The van der Waals surface area contributed by atoms with Gasteiger partial charge in [0.15, 0.2) is 0 Å². The van der Waals surface area contributed by atoms with Gasteiger partial charge in [-0.2, -0.15) is 11.3 Å². The number of ether oxygens (including phenoxy) is 1. The van der Waals surface area contributed by atoms with Crippen LogP contribution in [0.25, 0.3) is 0 Å². The summed E-state index contributed by atoms with van der Waals surface area (Å²) in [5.74, 6) is 1.28. The van der Waals surface area contributed by atoms with Crippen LogP contribution in [0.1, 0.15) is 38.3 Å². The van der Waals surface area contributed by atoms with Gasteiger partial charge >= 0.3 is 0 Å². The van der Waals surface area contributed by atoms with Crippen LogP contribution in [-0.4, -0.2) is 31.0 Å². The van der Waals surface area contributed by atoms with Gasteiger partial charge in [-0.15, -0.1) is 0 Å². The minimum Gasteiger partial charge on any atom is -0.389 e. The Morgan fingerprint density at radius 1 is 1.43 bits per heavy atom. The molecular formula is C17H27NO2S. The molecule has 0 spiro atoms. The first kappa shape index (κ1) is 16.7. The summed E-state index contributed by atoms with van der Waals surface area (Å²) in [6.45, 7) is 6.12. The first-order valence-corrected chi connectivity index (χ1v) is 8.77. The molecule has 4 atom stereocenters. The number of allylic oxidation sites excluding steroid dienone is 2. The molecule has 0 amide bonds. The average Bonchev–Trinajstić information content (AvgIpc) is 3.01. The van der Waals surface area contributed by atoms with E-state index in [9.17, 15) is 5.11 Å². The van der Waals surface area contributed by atoms with Crippen molar-refractivity contribution in [2.75, 3.05) is 19.8 Å². The Kier molecular flexibility index (Phi) is 6.90. The summed E-state index contributed by atoms with van der Waals surface area (Å²) < 4.78 is 5.71. The number of hydrogen-bond acceptors (Lipinski definition) is 4. The van der Waals surface area contributed by atoms with Crippen molar-refractivity contribution >= 4 is 11.3 Å². The standard InChI is InChI=1S/C17H27NO2S/c1-13-5-3-4-6-15(13)10-20-11-17(19)9-18-14(2)16-7-8-21-12-16/h3-4,7-8,12-15,17-19H,5-6,9-11H2,1-2H3. The molecule has 1 aliphatic carbocycles. The second kappa shape index (κ2) is 8.69. The lowest BCUT2D eigenvalue weighted by Crippen LogP contribution is -2.33. The molecule has 1 aromatic rings. The highest BCUT2D eigenvalue weighted by Crippen LogP contribution is 2.25. The van der Waals surface area contributed by atoms with Crippen LogP contribution in [-0.2, 0) is 4.74 Å². The molecule has 0 bridgehead atoms. The van der Waals surface area contributed by atoms with Crippen LogP contribution < -0.4 is 5.32 Å². The second-order valence-electron chi connectivity index (χ2n) is 6.06. The van der Waals surface area contributed by atoms with Crippen molar-refractivity contribution in [1.29, 1.82) is 0 Å². The second-order valence-corrected chi connectivity index (χ2v) is 6.84. The van der Waals surface area contributed by atoms with Crippen LogP contribution in [0.15, 0.2) is 29.0 Å². The monoisotopic (exact) mass is 309 g/mol. The van der Waals surface area contributed by atoms with Crippen LogP contribution in [0.4, 0.5) is 0 Å².